The molecule has 1 saturated heterocycles. The fourth-order valence-electron chi connectivity index (χ4n) is 1.73. The van der Waals surface area contributed by atoms with Crippen LogP contribution in [0.2, 0.25) is 0 Å². The number of cyclic esters (lactones) is 1. The predicted octanol–water partition coefficient (Wildman–Crippen LogP) is 1.63. The maximum absolute atomic E-state index is 13.1. The van der Waals surface area contributed by atoms with E-state index in [4.69, 9.17) is 9.84 Å². The highest BCUT2D eigenvalue weighted by molar-refractivity contribution is 5.95. The smallest absolute Gasteiger partial charge is 0.415 e. The third-order valence-electron chi connectivity index (χ3n) is 2.50. The number of anilines is 1. The quantitative estimate of drug-likeness (QED) is 0.851. The van der Waals surface area contributed by atoms with E-state index in [0.29, 0.717) is 0 Å². The lowest BCUT2D eigenvalue weighted by Gasteiger charge is -2.32. The number of rotatable bonds is 2. The number of hydrogen-bond acceptors (Lipinski definition) is 3. The van der Waals surface area contributed by atoms with Crippen molar-refractivity contribution in [1.29, 1.82) is 0 Å². The van der Waals surface area contributed by atoms with E-state index in [1.807, 2.05) is 0 Å². The Labute approximate surface area is 96.4 Å². The molecule has 1 aliphatic heterocycles. The summed E-state index contributed by atoms with van der Waals surface area (Å²) < 4.78 is 17.8. The van der Waals surface area contributed by atoms with Gasteiger partial charge in [0.2, 0.25) is 0 Å². The molecule has 1 amide bonds. The number of nitrogens with zero attached hydrogens (tertiary/aromatic N) is 1. The van der Waals surface area contributed by atoms with Crippen LogP contribution in [-0.2, 0) is 9.53 Å². The molecule has 6 heteroatoms. The highest BCUT2D eigenvalue weighted by Crippen LogP contribution is 2.24. The van der Waals surface area contributed by atoms with Crippen LogP contribution in [0.4, 0.5) is 14.9 Å². The highest BCUT2D eigenvalue weighted by Gasteiger charge is 2.35. The summed E-state index contributed by atoms with van der Waals surface area (Å²) >= 11 is 0. The molecule has 1 aliphatic rings. The summed E-state index contributed by atoms with van der Waals surface area (Å²) in [6.45, 7) is 0.0572. The average Bonchev–Trinajstić information content (AvgIpc) is 2.28. The van der Waals surface area contributed by atoms with Crippen molar-refractivity contribution in [2.75, 3.05) is 11.5 Å². The van der Waals surface area contributed by atoms with Crippen molar-refractivity contribution in [3.05, 3.63) is 30.1 Å². The molecule has 1 atom stereocenters. The van der Waals surface area contributed by atoms with Gasteiger partial charge in [0.1, 0.15) is 11.9 Å². The van der Waals surface area contributed by atoms with Crippen LogP contribution in [-0.4, -0.2) is 29.8 Å². The fourth-order valence-corrected chi connectivity index (χ4v) is 1.73. The minimum absolute atomic E-state index is 0.0572. The Kier molecular flexibility index (Phi) is 2.95. The highest BCUT2D eigenvalue weighted by atomic mass is 19.1. The number of halogens is 1. The van der Waals surface area contributed by atoms with Gasteiger partial charge in [-0.15, -0.1) is 0 Å². The Morgan fingerprint density at radius 1 is 1.53 bits per heavy atom. The Morgan fingerprint density at radius 3 is 2.94 bits per heavy atom. The number of carboxylic acid groups (broad SMARTS) is 1. The second-order valence-corrected chi connectivity index (χ2v) is 3.61. The first kappa shape index (κ1) is 11.4. The molecular formula is C11H10FNO4. The average molecular weight is 239 g/mol. The molecule has 5 nitrogen and oxygen atoms in total. The molecule has 0 saturated carbocycles. The SMILES string of the molecule is O=C(O)C1CCOC(=O)N1c1cccc(F)c1. The fraction of sp³-hybridized carbons (Fsp3) is 0.273. The molecule has 1 N–H and O–H groups in total. The lowest BCUT2D eigenvalue weighted by molar-refractivity contribution is -0.139. The van der Waals surface area contributed by atoms with Gasteiger partial charge < -0.3 is 9.84 Å². The van der Waals surface area contributed by atoms with E-state index in [2.05, 4.69) is 0 Å². The van der Waals surface area contributed by atoms with Crippen molar-refractivity contribution >= 4 is 17.7 Å². The molecule has 0 spiro atoms. The molecule has 1 aromatic rings. The first-order valence-corrected chi connectivity index (χ1v) is 5.04. The van der Waals surface area contributed by atoms with Gasteiger partial charge in [-0.3, -0.25) is 4.90 Å². The molecular weight excluding hydrogens is 229 g/mol. The van der Waals surface area contributed by atoms with E-state index in [-0.39, 0.29) is 18.7 Å². The van der Waals surface area contributed by atoms with Gasteiger partial charge >= 0.3 is 12.1 Å². The number of amides is 1. The molecule has 2 rings (SSSR count). The summed E-state index contributed by atoms with van der Waals surface area (Å²) in [5.74, 6) is -1.67. The zero-order valence-electron chi connectivity index (χ0n) is 8.80. The van der Waals surface area contributed by atoms with E-state index in [0.717, 1.165) is 11.0 Å². The van der Waals surface area contributed by atoms with Gasteiger partial charge in [0, 0.05) is 6.42 Å². The number of hydrogen-bond donors (Lipinski definition) is 1. The number of aliphatic carboxylic acids is 1. The molecule has 1 unspecified atom stereocenters. The summed E-state index contributed by atoms with van der Waals surface area (Å²) in [7, 11) is 0. The summed E-state index contributed by atoms with van der Waals surface area (Å²) in [5, 5.41) is 9.01. The van der Waals surface area contributed by atoms with Crippen molar-refractivity contribution < 1.29 is 23.8 Å². The van der Waals surface area contributed by atoms with E-state index in [1.54, 1.807) is 0 Å². The van der Waals surface area contributed by atoms with Crippen molar-refractivity contribution in [3.8, 4) is 0 Å². The first-order valence-electron chi connectivity index (χ1n) is 5.04. The monoisotopic (exact) mass is 239 g/mol. The third-order valence-corrected chi connectivity index (χ3v) is 2.50. The van der Waals surface area contributed by atoms with E-state index in [1.165, 1.54) is 18.2 Å². The summed E-state index contributed by atoms with van der Waals surface area (Å²) in [6, 6.07) is 4.17. The minimum Gasteiger partial charge on any atom is -0.480 e. The molecule has 0 aliphatic carbocycles. The van der Waals surface area contributed by atoms with Gasteiger partial charge in [-0.2, -0.15) is 0 Å². The van der Waals surface area contributed by atoms with Crippen LogP contribution in [0.15, 0.2) is 24.3 Å². The molecule has 1 heterocycles. The Balaban J connectivity index is 2.38. The van der Waals surface area contributed by atoms with Crippen molar-refractivity contribution in [2.45, 2.75) is 12.5 Å². The van der Waals surface area contributed by atoms with Crippen LogP contribution in [0.25, 0.3) is 0 Å². The molecule has 1 fully saturated rings. The second-order valence-electron chi connectivity index (χ2n) is 3.61. The normalized spacial score (nSPS) is 19.9. The number of carboxylic acids is 1. The predicted molar refractivity (Wildman–Crippen MR) is 56.3 cm³/mol. The number of carbonyl (C=O) groups is 2. The van der Waals surface area contributed by atoms with E-state index >= 15 is 0 Å². The van der Waals surface area contributed by atoms with Crippen LogP contribution < -0.4 is 4.90 Å². The van der Waals surface area contributed by atoms with Gasteiger partial charge in [-0.25, -0.2) is 14.0 Å². The number of ether oxygens (including phenoxy) is 1. The summed E-state index contributed by atoms with van der Waals surface area (Å²) in [4.78, 5) is 23.5. The van der Waals surface area contributed by atoms with Crippen molar-refractivity contribution in [1.82, 2.24) is 0 Å². The molecule has 90 valence electrons. The van der Waals surface area contributed by atoms with Gasteiger partial charge in [-0.1, -0.05) is 6.07 Å². The summed E-state index contributed by atoms with van der Waals surface area (Å²) in [5.41, 5.74) is 0.183. The van der Waals surface area contributed by atoms with Crippen molar-refractivity contribution in [2.24, 2.45) is 0 Å². The standard InChI is InChI=1S/C11H10FNO4/c12-7-2-1-3-8(6-7)13-9(10(14)15)4-5-17-11(13)16/h1-3,6,9H,4-5H2,(H,14,15). The summed E-state index contributed by atoms with van der Waals surface area (Å²) in [6.07, 6.45) is -0.591. The lowest BCUT2D eigenvalue weighted by Crippen LogP contribution is -2.50. The largest absolute Gasteiger partial charge is 0.480 e. The van der Waals surface area contributed by atoms with Gasteiger partial charge in [-0.05, 0) is 18.2 Å². The van der Waals surface area contributed by atoms with Crippen LogP contribution in [0.3, 0.4) is 0 Å². The topological polar surface area (TPSA) is 66.8 Å². The van der Waals surface area contributed by atoms with E-state index in [9.17, 15) is 14.0 Å². The van der Waals surface area contributed by atoms with Crippen LogP contribution >= 0.6 is 0 Å². The zero-order chi connectivity index (χ0) is 12.4. The van der Waals surface area contributed by atoms with E-state index < -0.39 is 23.9 Å². The van der Waals surface area contributed by atoms with Gasteiger partial charge in [0.25, 0.3) is 0 Å². The zero-order valence-corrected chi connectivity index (χ0v) is 8.80. The first-order chi connectivity index (χ1) is 8.09. The van der Waals surface area contributed by atoms with Crippen molar-refractivity contribution in [3.63, 3.8) is 0 Å². The van der Waals surface area contributed by atoms with Crippen LogP contribution in [0.5, 0.6) is 0 Å². The second kappa shape index (κ2) is 4.40. The third kappa shape index (κ3) is 2.20. The Hall–Kier alpha value is -2.11. The number of benzene rings is 1. The van der Waals surface area contributed by atoms with Gasteiger partial charge in [0.05, 0.1) is 12.3 Å². The van der Waals surface area contributed by atoms with Gasteiger partial charge in [0.15, 0.2) is 0 Å². The van der Waals surface area contributed by atoms with Crippen LogP contribution in [0.1, 0.15) is 6.42 Å². The minimum atomic E-state index is -1.13. The maximum atomic E-state index is 13.1. The van der Waals surface area contributed by atoms with Crippen LogP contribution in [0, 0.1) is 5.82 Å². The Bertz CT molecular complexity index is 463. The number of carbonyl (C=O) groups excluding carboxylic acids is 1. The molecule has 0 aromatic heterocycles. The lowest BCUT2D eigenvalue weighted by atomic mass is 10.1. The molecule has 17 heavy (non-hydrogen) atoms. The molecule has 0 radical (unpaired) electrons. The molecule has 0 bridgehead atoms. The maximum Gasteiger partial charge on any atom is 0.415 e. The Morgan fingerprint density at radius 2 is 2.29 bits per heavy atom. The molecule has 1 aromatic carbocycles.